The highest BCUT2D eigenvalue weighted by Gasteiger charge is 2.23. The van der Waals surface area contributed by atoms with E-state index < -0.39 is 4.92 Å². The van der Waals surface area contributed by atoms with E-state index in [2.05, 4.69) is 21.2 Å². The Kier molecular flexibility index (Phi) is 4.33. The molecule has 8 heteroatoms. The standard InChI is InChI=1S/C12H12BrN3O4/c13-9-3-2-8(6-10(9)16(19)20)12(18)15-5-1-4-14-11(17)7-15/h2-3,6H,1,4-5,7H2,(H,14,17). The molecule has 7 nitrogen and oxygen atoms in total. The van der Waals surface area contributed by atoms with Crippen molar-refractivity contribution in [2.24, 2.45) is 0 Å². The van der Waals surface area contributed by atoms with E-state index in [0.29, 0.717) is 24.0 Å². The van der Waals surface area contributed by atoms with E-state index in [1.165, 1.54) is 23.1 Å². The maximum absolute atomic E-state index is 12.3. The van der Waals surface area contributed by atoms with Gasteiger partial charge in [-0.15, -0.1) is 0 Å². The number of nitro groups is 1. The van der Waals surface area contributed by atoms with Gasteiger partial charge in [-0.25, -0.2) is 0 Å². The van der Waals surface area contributed by atoms with Gasteiger partial charge in [-0.2, -0.15) is 0 Å². The van der Waals surface area contributed by atoms with E-state index in [9.17, 15) is 19.7 Å². The highest BCUT2D eigenvalue weighted by atomic mass is 79.9. The topological polar surface area (TPSA) is 92.5 Å². The smallest absolute Gasteiger partial charge is 0.284 e. The van der Waals surface area contributed by atoms with Crippen LogP contribution in [-0.2, 0) is 4.79 Å². The van der Waals surface area contributed by atoms with Crippen LogP contribution >= 0.6 is 15.9 Å². The number of rotatable bonds is 2. The van der Waals surface area contributed by atoms with Crippen molar-refractivity contribution in [2.45, 2.75) is 6.42 Å². The third-order valence-electron chi connectivity index (χ3n) is 2.94. The van der Waals surface area contributed by atoms with Crippen LogP contribution in [0.4, 0.5) is 5.69 Å². The number of carbonyl (C=O) groups is 2. The second-order valence-electron chi connectivity index (χ2n) is 4.35. The Morgan fingerprint density at radius 1 is 1.45 bits per heavy atom. The molecule has 1 aromatic carbocycles. The van der Waals surface area contributed by atoms with E-state index in [4.69, 9.17) is 0 Å². The van der Waals surface area contributed by atoms with Crippen LogP contribution in [0, 0.1) is 10.1 Å². The molecule has 0 aromatic heterocycles. The monoisotopic (exact) mass is 341 g/mol. The fourth-order valence-corrected chi connectivity index (χ4v) is 2.34. The first-order valence-electron chi connectivity index (χ1n) is 5.99. The number of halogens is 1. The van der Waals surface area contributed by atoms with Crippen LogP contribution in [0.2, 0.25) is 0 Å². The van der Waals surface area contributed by atoms with Crippen molar-refractivity contribution in [3.63, 3.8) is 0 Å². The predicted octanol–water partition coefficient (Wildman–Crippen LogP) is 1.32. The van der Waals surface area contributed by atoms with E-state index >= 15 is 0 Å². The Bertz CT molecular complexity index is 576. The summed E-state index contributed by atoms with van der Waals surface area (Å²) in [4.78, 5) is 35.4. The lowest BCUT2D eigenvalue weighted by molar-refractivity contribution is -0.385. The molecule has 2 amide bonds. The maximum Gasteiger partial charge on any atom is 0.284 e. The summed E-state index contributed by atoms with van der Waals surface area (Å²) in [5.41, 5.74) is 0.0322. The number of amides is 2. The van der Waals surface area contributed by atoms with Crippen molar-refractivity contribution in [2.75, 3.05) is 19.6 Å². The summed E-state index contributed by atoms with van der Waals surface area (Å²) < 4.78 is 0.313. The first kappa shape index (κ1) is 14.4. The molecule has 1 fully saturated rings. The van der Waals surface area contributed by atoms with E-state index in [0.717, 1.165) is 0 Å². The normalized spacial score (nSPS) is 15.4. The average molecular weight is 342 g/mol. The molecular formula is C12H12BrN3O4. The summed E-state index contributed by atoms with van der Waals surface area (Å²) in [6, 6.07) is 4.18. The van der Waals surface area contributed by atoms with Crippen molar-refractivity contribution in [3.8, 4) is 0 Å². The molecule has 1 N–H and O–H groups in total. The van der Waals surface area contributed by atoms with Gasteiger partial charge < -0.3 is 10.2 Å². The predicted molar refractivity (Wildman–Crippen MR) is 74.3 cm³/mol. The number of benzene rings is 1. The molecule has 1 aromatic rings. The maximum atomic E-state index is 12.3. The molecule has 0 aliphatic carbocycles. The number of nitrogens with one attached hydrogen (secondary N) is 1. The summed E-state index contributed by atoms with van der Waals surface area (Å²) >= 11 is 3.07. The van der Waals surface area contributed by atoms with Gasteiger partial charge in [0.05, 0.1) is 15.9 Å². The van der Waals surface area contributed by atoms with Crippen molar-refractivity contribution < 1.29 is 14.5 Å². The van der Waals surface area contributed by atoms with Crippen LogP contribution in [0.3, 0.4) is 0 Å². The van der Waals surface area contributed by atoms with Crippen molar-refractivity contribution in [1.29, 1.82) is 0 Å². The van der Waals surface area contributed by atoms with Gasteiger partial charge in [0.2, 0.25) is 5.91 Å². The molecule has 20 heavy (non-hydrogen) atoms. The minimum absolute atomic E-state index is 0.0251. The largest absolute Gasteiger partial charge is 0.354 e. The lowest BCUT2D eigenvalue weighted by Crippen LogP contribution is -2.37. The van der Waals surface area contributed by atoms with Gasteiger partial charge in [0.15, 0.2) is 0 Å². The van der Waals surface area contributed by atoms with E-state index in [1.54, 1.807) is 0 Å². The van der Waals surface area contributed by atoms with Crippen molar-refractivity contribution in [1.82, 2.24) is 10.2 Å². The van der Waals surface area contributed by atoms with Gasteiger partial charge in [0.25, 0.3) is 11.6 Å². The summed E-state index contributed by atoms with van der Waals surface area (Å²) in [6.07, 6.45) is 0.663. The molecule has 0 unspecified atom stereocenters. The molecule has 0 bridgehead atoms. The van der Waals surface area contributed by atoms with Crippen LogP contribution in [-0.4, -0.2) is 41.3 Å². The average Bonchev–Trinajstić information content (AvgIpc) is 2.63. The first-order chi connectivity index (χ1) is 9.49. The van der Waals surface area contributed by atoms with Gasteiger partial charge in [0, 0.05) is 24.7 Å². The van der Waals surface area contributed by atoms with Crippen LogP contribution < -0.4 is 5.32 Å². The van der Waals surface area contributed by atoms with E-state index in [-0.39, 0.29) is 29.6 Å². The molecule has 106 valence electrons. The third-order valence-corrected chi connectivity index (χ3v) is 3.61. The van der Waals surface area contributed by atoms with Gasteiger partial charge >= 0.3 is 0 Å². The molecule has 0 radical (unpaired) electrons. The molecule has 0 saturated carbocycles. The highest BCUT2D eigenvalue weighted by Crippen LogP contribution is 2.26. The molecule has 1 saturated heterocycles. The zero-order valence-corrected chi connectivity index (χ0v) is 12.1. The molecule has 1 aliphatic rings. The van der Waals surface area contributed by atoms with Crippen molar-refractivity contribution in [3.05, 3.63) is 38.3 Å². The van der Waals surface area contributed by atoms with Gasteiger partial charge in [-0.05, 0) is 34.5 Å². The summed E-state index contributed by atoms with van der Waals surface area (Å²) in [7, 11) is 0. The van der Waals surface area contributed by atoms with Crippen LogP contribution in [0.25, 0.3) is 0 Å². The summed E-state index contributed by atoms with van der Waals surface area (Å²) in [5.74, 6) is -0.597. The summed E-state index contributed by atoms with van der Waals surface area (Å²) in [5, 5.41) is 13.5. The Morgan fingerprint density at radius 2 is 2.20 bits per heavy atom. The van der Waals surface area contributed by atoms with Gasteiger partial charge in [-0.1, -0.05) is 0 Å². The lowest BCUT2D eigenvalue weighted by Gasteiger charge is -2.18. The quantitative estimate of drug-likeness (QED) is 0.648. The van der Waals surface area contributed by atoms with E-state index in [1.807, 2.05) is 0 Å². The molecule has 0 spiro atoms. The molecule has 1 heterocycles. The first-order valence-corrected chi connectivity index (χ1v) is 6.78. The fraction of sp³-hybridized carbons (Fsp3) is 0.333. The fourth-order valence-electron chi connectivity index (χ4n) is 1.95. The van der Waals surface area contributed by atoms with Gasteiger partial charge in [0.1, 0.15) is 0 Å². The lowest BCUT2D eigenvalue weighted by atomic mass is 10.1. The number of hydrogen-bond acceptors (Lipinski definition) is 4. The van der Waals surface area contributed by atoms with Crippen LogP contribution in [0.1, 0.15) is 16.8 Å². The zero-order valence-electron chi connectivity index (χ0n) is 10.5. The molecule has 2 rings (SSSR count). The van der Waals surface area contributed by atoms with Crippen LogP contribution in [0.15, 0.2) is 22.7 Å². The number of hydrogen-bond donors (Lipinski definition) is 1. The Balaban J connectivity index is 2.26. The Hall–Kier alpha value is -1.96. The molecule has 1 aliphatic heterocycles. The second kappa shape index (κ2) is 6.00. The third kappa shape index (κ3) is 3.13. The Morgan fingerprint density at radius 3 is 2.90 bits per heavy atom. The van der Waals surface area contributed by atoms with Crippen LogP contribution in [0.5, 0.6) is 0 Å². The minimum Gasteiger partial charge on any atom is -0.354 e. The second-order valence-corrected chi connectivity index (χ2v) is 5.21. The van der Waals surface area contributed by atoms with Gasteiger partial charge in [-0.3, -0.25) is 19.7 Å². The Labute approximate surface area is 123 Å². The molecular weight excluding hydrogens is 330 g/mol. The summed E-state index contributed by atoms with van der Waals surface area (Å²) in [6.45, 7) is 0.952. The molecule has 0 atom stereocenters. The number of carbonyl (C=O) groups excluding carboxylic acids is 2. The van der Waals surface area contributed by atoms with Crippen molar-refractivity contribution >= 4 is 33.4 Å². The minimum atomic E-state index is -0.560. The number of nitro benzene ring substituents is 1. The SMILES string of the molecule is O=C1CN(C(=O)c2ccc(Br)c([N+](=O)[O-])c2)CCCN1. The number of nitrogens with zero attached hydrogens (tertiary/aromatic N) is 2. The highest BCUT2D eigenvalue weighted by molar-refractivity contribution is 9.10. The zero-order chi connectivity index (χ0) is 14.7.